The highest BCUT2D eigenvalue weighted by Crippen LogP contribution is 2.21. The lowest BCUT2D eigenvalue weighted by molar-refractivity contribution is 0.187. The highest BCUT2D eigenvalue weighted by molar-refractivity contribution is 5.84. The molecule has 5 heteroatoms. The summed E-state index contributed by atoms with van der Waals surface area (Å²) in [6.07, 6.45) is 2.88. The van der Waals surface area contributed by atoms with Gasteiger partial charge in [0, 0.05) is 16.9 Å². The highest BCUT2D eigenvalue weighted by Gasteiger charge is 2.06. The average molecular weight is 260 g/mol. The van der Waals surface area contributed by atoms with Crippen LogP contribution in [0.5, 0.6) is 0 Å². The molecule has 0 aliphatic rings. The Labute approximate surface area is 111 Å². The second-order valence-corrected chi connectivity index (χ2v) is 4.12. The first-order valence-corrected chi connectivity index (χ1v) is 5.92. The number of furan rings is 1. The van der Waals surface area contributed by atoms with E-state index in [1.54, 1.807) is 24.7 Å². The van der Waals surface area contributed by atoms with Gasteiger partial charge in [-0.3, -0.25) is 5.32 Å². The number of carbonyl (C=O) groups is 1. The Kier molecular flexibility index (Phi) is 4.07. The van der Waals surface area contributed by atoms with Gasteiger partial charge >= 0.3 is 6.09 Å². The Morgan fingerprint density at radius 3 is 2.47 bits per heavy atom. The zero-order chi connectivity index (χ0) is 13.7. The van der Waals surface area contributed by atoms with Crippen molar-refractivity contribution >= 4 is 17.5 Å². The van der Waals surface area contributed by atoms with E-state index >= 15 is 0 Å². The molecule has 0 radical (unpaired) electrons. The van der Waals surface area contributed by atoms with E-state index in [4.69, 9.17) is 4.42 Å². The van der Waals surface area contributed by atoms with Gasteiger partial charge in [0.1, 0.15) is 0 Å². The third-order valence-corrected chi connectivity index (χ3v) is 2.74. The molecule has 5 nitrogen and oxygen atoms in total. The number of ether oxygens (including phenoxy) is 1. The van der Waals surface area contributed by atoms with Crippen molar-refractivity contribution in [2.75, 3.05) is 17.7 Å². The molecule has 0 spiro atoms. The van der Waals surface area contributed by atoms with Crippen LogP contribution in [0.1, 0.15) is 18.5 Å². The summed E-state index contributed by atoms with van der Waals surface area (Å²) in [7, 11) is 1.33. The molecule has 1 amide bonds. The Bertz CT molecular complexity index is 520. The lowest BCUT2D eigenvalue weighted by Crippen LogP contribution is -2.11. The van der Waals surface area contributed by atoms with Gasteiger partial charge in [-0.1, -0.05) is 0 Å². The molecule has 1 aromatic heterocycles. The molecule has 1 heterocycles. The normalized spacial score (nSPS) is 11.7. The van der Waals surface area contributed by atoms with Crippen LogP contribution in [-0.4, -0.2) is 13.2 Å². The number of carbonyl (C=O) groups excluding carboxylic acids is 1. The molecule has 2 N–H and O–H groups in total. The minimum absolute atomic E-state index is 0.151. The van der Waals surface area contributed by atoms with Crippen molar-refractivity contribution in [1.29, 1.82) is 0 Å². The monoisotopic (exact) mass is 260 g/mol. The zero-order valence-corrected chi connectivity index (χ0v) is 10.8. The van der Waals surface area contributed by atoms with Crippen LogP contribution in [0.2, 0.25) is 0 Å². The van der Waals surface area contributed by atoms with Gasteiger partial charge < -0.3 is 14.5 Å². The van der Waals surface area contributed by atoms with Crippen LogP contribution in [0, 0.1) is 0 Å². The average Bonchev–Trinajstić information content (AvgIpc) is 2.95. The maximum absolute atomic E-state index is 11.0. The number of benzene rings is 1. The summed E-state index contributed by atoms with van der Waals surface area (Å²) in [6.45, 7) is 2.05. The van der Waals surface area contributed by atoms with E-state index in [-0.39, 0.29) is 6.04 Å². The smallest absolute Gasteiger partial charge is 0.411 e. The molecule has 1 atom stereocenters. The van der Waals surface area contributed by atoms with Crippen LogP contribution in [0.4, 0.5) is 16.2 Å². The second kappa shape index (κ2) is 5.95. The highest BCUT2D eigenvalue weighted by atomic mass is 16.5. The fourth-order valence-corrected chi connectivity index (χ4v) is 1.67. The summed E-state index contributed by atoms with van der Waals surface area (Å²) in [6, 6.07) is 9.47. The first-order chi connectivity index (χ1) is 9.19. The third-order valence-electron chi connectivity index (χ3n) is 2.74. The predicted octanol–water partition coefficient (Wildman–Crippen LogP) is 3.63. The number of anilines is 2. The molecule has 0 fully saturated rings. The van der Waals surface area contributed by atoms with Gasteiger partial charge in [0.05, 0.1) is 25.7 Å². The molecule has 100 valence electrons. The summed E-state index contributed by atoms with van der Waals surface area (Å²) < 4.78 is 9.57. The van der Waals surface area contributed by atoms with Gasteiger partial charge in [0.2, 0.25) is 0 Å². The molecule has 0 aliphatic heterocycles. The molecule has 0 saturated heterocycles. The number of methoxy groups -OCH3 is 1. The van der Waals surface area contributed by atoms with Gasteiger partial charge in [-0.05, 0) is 37.3 Å². The van der Waals surface area contributed by atoms with Crippen molar-refractivity contribution in [2.24, 2.45) is 0 Å². The van der Waals surface area contributed by atoms with Crippen LogP contribution in [0.15, 0.2) is 47.3 Å². The van der Waals surface area contributed by atoms with Crippen molar-refractivity contribution < 1.29 is 13.9 Å². The maximum Gasteiger partial charge on any atom is 0.411 e. The largest absolute Gasteiger partial charge is 0.472 e. The van der Waals surface area contributed by atoms with Gasteiger partial charge in [-0.25, -0.2) is 4.79 Å². The van der Waals surface area contributed by atoms with Crippen molar-refractivity contribution in [3.05, 3.63) is 48.4 Å². The molecular formula is C14H16N2O3. The van der Waals surface area contributed by atoms with Gasteiger partial charge in [0.25, 0.3) is 0 Å². The van der Waals surface area contributed by atoms with Crippen LogP contribution in [0.3, 0.4) is 0 Å². The van der Waals surface area contributed by atoms with Crippen molar-refractivity contribution in [2.45, 2.75) is 13.0 Å². The second-order valence-electron chi connectivity index (χ2n) is 4.12. The molecule has 0 aliphatic carbocycles. The molecule has 19 heavy (non-hydrogen) atoms. The van der Waals surface area contributed by atoms with Crippen LogP contribution < -0.4 is 10.6 Å². The number of hydrogen-bond donors (Lipinski definition) is 2. The summed E-state index contributed by atoms with van der Waals surface area (Å²) in [5.41, 5.74) is 2.73. The molecule has 0 saturated carbocycles. The van der Waals surface area contributed by atoms with Crippen LogP contribution in [-0.2, 0) is 4.74 Å². The number of hydrogen-bond acceptors (Lipinski definition) is 4. The molecule has 0 bridgehead atoms. The summed E-state index contributed by atoms with van der Waals surface area (Å²) in [5, 5.41) is 5.93. The standard InChI is InChI=1S/C14H16N2O3/c1-10(11-7-8-19-9-11)15-12-3-5-13(6-4-12)16-14(17)18-2/h3-10,15H,1-2H3,(H,16,17). The van der Waals surface area contributed by atoms with Crippen molar-refractivity contribution in [3.8, 4) is 0 Å². The van der Waals surface area contributed by atoms with Crippen LogP contribution >= 0.6 is 0 Å². The van der Waals surface area contributed by atoms with Crippen molar-refractivity contribution in [1.82, 2.24) is 0 Å². The molecular weight excluding hydrogens is 244 g/mol. The number of rotatable bonds is 4. The maximum atomic E-state index is 11.0. The summed E-state index contributed by atoms with van der Waals surface area (Å²) >= 11 is 0. The number of nitrogens with one attached hydrogen (secondary N) is 2. The fourth-order valence-electron chi connectivity index (χ4n) is 1.67. The van der Waals surface area contributed by atoms with Crippen LogP contribution in [0.25, 0.3) is 0 Å². The van der Waals surface area contributed by atoms with Gasteiger partial charge in [0.15, 0.2) is 0 Å². The first kappa shape index (κ1) is 13.0. The Balaban J connectivity index is 1.97. The molecule has 2 aromatic rings. The zero-order valence-electron chi connectivity index (χ0n) is 10.8. The molecule has 1 unspecified atom stereocenters. The van der Waals surface area contributed by atoms with E-state index in [1.807, 2.05) is 25.1 Å². The third kappa shape index (κ3) is 3.51. The van der Waals surface area contributed by atoms with E-state index < -0.39 is 6.09 Å². The van der Waals surface area contributed by atoms with E-state index in [0.29, 0.717) is 5.69 Å². The van der Waals surface area contributed by atoms with E-state index in [1.165, 1.54) is 7.11 Å². The summed E-state index contributed by atoms with van der Waals surface area (Å²) in [5.74, 6) is 0. The van der Waals surface area contributed by atoms with Gasteiger partial charge in [-0.15, -0.1) is 0 Å². The minimum atomic E-state index is -0.479. The lowest BCUT2D eigenvalue weighted by Gasteiger charge is -2.14. The SMILES string of the molecule is COC(=O)Nc1ccc(NC(C)c2ccoc2)cc1. The topological polar surface area (TPSA) is 63.5 Å². The fraction of sp³-hybridized carbons (Fsp3) is 0.214. The Hall–Kier alpha value is -2.43. The first-order valence-electron chi connectivity index (χ1n) is 5.92. The Morgan fingerprint density at radius 1 is 1.21 bits per heavy atom. The molecule has 2 rings (SSSR count). The summed E-state index contributed by atoms with van der Waals surface area (Å²) in [4.78, 5) is 11.0. The molecule has 1 aromatic carbocycles. The lowest BCUT2D eigenvalue weighted by atomic mass is 10.1. The quantitative estimate of drug-likeness (QED) is 0.881. The van der Waals surface area contributed by atoms with Gasteiger partial charge in [-0.2, -0.15) is 0 Å². The Morgan fingerprint density at radius 2 is 1.89 bits per heavy atom. The van der Waals surface area contributed by atoms with E-state index in [2.05, 4.69) is 15.4 Å². The minimum Gasteiger partial charge on any atom is -0.472 e. The predicted molar refractivity (Wildman–Crippen MR) is 73.2 cm³/mol. The van der Waals surface area contributed by atoms with E-state index in [9.17, 15) is 4.79 Å². The van der Waals surface area contributed by atoms with E-state index in [0.717, 1.165) is 11.3 Å². The van der Waals surface area contributed by atoms with Crippen molar-refractivity contribution in [3.63, 3.8) is 0 Å². The number of amides is 1.